The molecule has 0 aliphatic carbocycles. The van der Waals surface area contributed by atoms with Gasteiger partial charge >= 0.3 is 6.18 Å². The van der Waals surface area contributed by atoms with Gasteiger partial charge in [0, 0.05) is 16.1 Å². The van der Waals surface area contributed by atoms with E-state index in [-0.39, 0.29) is 10.0 Å². The van der Waals surface area contributed by atoms with Gasteiger partial charge in [-0.2, -0.15) is 13.2 Å². The molecule has 0 saturated carbocycles. The second-order valence-corrected chi connectivity index (χ2v) is 4.28. The third-order valence-corrected chi connectivity index (χ3v) is 2.91. The summed E-state index contributed by atoms with van der Waals surface area (Å²) in [4.78, 5) is 20.7. The summed E-state index contributed by atoms with van der Waals surface area (Å²) in [6.45, 7) is 0. The monoisotopic (exact) mass is 345 g/mol. The van der Waals surface area contributed by atoms with Crippen LogP contribution in [0.5, 0.6) is 0 Å². The first kappa shape index (κ1) is 14.9. The fourth-order valence-corrected chi connectivity index (χ4v) is 1.92. The van der Waals surface area contributed by atoms with Crippen LogP contribution in [0.2, 0.25) is 0 Å². The number of Topliss-reactive ketones (excluding diaryl/α,β-unsaturated/α-hetero) is 1. The number of ketones is 1. The zero-order valence-corrected chi connectivity index (χ0v) is 10.8. The molecule has 0 unspecified atom stereocenters. The first-order chi connectivity index (χ1) is 8.18. The number of halogens is 5. The lowest BCUT2D eigenvalue weighted by molar-refractivity contribution is -0.388. The lowest BCUT2D eigenvalue weighted by Crippen LogP contribution is -2.12. The van der Waals surface area contributed by atoms with E-state index in [0.717, 1.165) is 0 Å². The van der Waals surface area contributed by atoms with E-state index in [0.29, 0.717) is 12.1 Å². The molecule has 0 fully saturated rings. The summed E-state index contributed by atoms with van der Waals surface area (Å²) in [7, 11) is 0. The van der Waals surface area contributed by atoms with Crippen LogP contribution in [-0.4, -0.2) is 16.6 Å². The van der Waals surface area contributed by atoms with Gasteiger partial charge in [0.25, 0.3) is 5.69 Å². The Balaban J connectivity index is 3.56. The van der Waals surface area contributed by atoms with E-state index in [9.17, 15) is 28.1 Å². The Morgan fingerprint density at radius 1 is 1.44 bits per heavy atom. The predicted octanol–water partition coefficient (Wildman–Crippen LogP) is 3.80. The van der Waals surface area contributed by atoms with E-state index in [1.165, 1.54) is 0 Å². The van der Waals surface area contributed by atoms with Crippen LogP contribution in [-0.2, 0) is 6.18 Å². The maximum atomic E-state index is 12.6. The van der Waals surface area contributed by atoms with E-state index in [4.69, 9.17) is 11.6 Å². The third kappa shape index (κ3) is 2.99. The average molecular weight is 346 g/mol. The topological polar surface area (TPSA) is 60.2 Å². The summed E-state index contributed by atoms with van der Waals surface area (Å²) in [5, 5.41) is 10.5. The normalized spacial score (nSPS) is 11.4. The maximum absolute atomic E-state index is 12.6. The molecule has 1 rings (SSSR count). The van der Waals surface area contributed by atoms with Crippen molar-refractivity contribution < 1.29 is 22.9 Å². The van der Waals surface area contributed by atoms with Gasteiger partial charge in [-0.05, 0) is 22.0 Å². The zero-order valence-electron chi connectivity index (χ0n) is 8.42. The molecule has 0 aliphatic rings. The Morgan fingerprint density at radius 2 is 2.00 bits per heavy atom. The highest BCUT2D eigenvalue weighted by atomic mass is 79.9. The van der Waals surface area contributed by atoms with Crippen LogP contribution in [0.4, 0.5) is 18.9 Å². The molecular formula is C9H4BrClF3NO3. The molecule has 0 amide bonds. The van der Waals surface area contributed by atoms with Crippen molar-refractivity contribution in [2.24, 2.45) is 0 Å². The van der Waals surface area contributed by atoms with Gasteiger partial charge < -0.3 is 0 Å². The summed E-state index contributed by atoms with van der Waals surface area (Å²) in [6.07, 6.45) is -4.93. The number of carbonyl (C=O) groups is 1. The van der Waals surface area contributed by atoms with Gasteiger partial charge in [0.1, 0.15) is 5.56 Å². The van der Waals surface area contributed by atoms with Crippen molar-refractivity contribution >= 4 is 39.0 Å². The molecule has 98 valence electrons. The van der Waals surface area contributed by atoms with Gasteiger partial charge in [0.15, 0.2) is 5.78 Å². The molecule has 0 N–H and O–H groups in total. The summed E-state index contributed by atoms with van der Waals surface area (Å²) in [6, 6.07) is 1.07. The molecule has 0 bridgehead atoms. The fraction of sp³-hybridized carbons (Fsp3) is 0.222. The number of nitrogens with zero attached hydrogens (tertiary/aromatic N) is 1. The fourth-order valence-electron chi connectivity index (χ4n) is 1.23. The van der Waals surface area contributed by atoms with Crippen LogP contribution < -0.4 is 0 Å². The Bertz CT molecular complexity index is 519. The van der Waals surface area contributed by atoms with Crippen LogP contribution >= 0.6 is 27.5 Å². The molecule has 0 radical (unpaired) electrons. The molecular weight excluding hydrogens is 342 g/mol. The molecule has 1 aromatic carbocycles. The quantitative estimate of drug-likeness (QED) is 0.362. The third-order valence-electron chi connectivity index (χ3n) is 2.01. The standard InChI is InChI=1S/C9H4BrClF3NO3/c10-6-2-7(15(17)18)5(9(12,13)14)1-4(6)8(16)3-11/h1-2H,3H2. The summed E-state index contributed by atoms with van der Waals surface area (Å²) in [5.74, 6) is -1.28. The van der Waals surface area contributed by atoms with E-state index < -0.39 is 34.0 Å². The number of carbonyl (C=O) groups excluding carboxylic acids is 1. The second kappa shape index (κ2) is 5.23. The van der Waals surface area contributed by atoms with Gasteiger partial charge in [-0.15, -0.1) is 11.6 Å². The van der Waals surface area contributed by atoms with E-state index in [1.807, 2.05) is 0 Å². The van der Waals surface area contributed by atoms with E-state index >= 15 is 0 Å². The highest BCUT2D eigenvalue weighted by Gasteiger charge is 2.39. The molecule has 9 heteroatoms. The molecule has 0 aromatic heterocycles. The Hall–Kier alpha value is -1.15. The lowest BCUT2D eigenvalue weighted by atomic mass is 10.1. The molecule has 0 spiro atoms. The molecule has 0 atom stereocenters. The van der Waals surface area contributed by atoms with Crippen molar-refractivity contribution in [1.29, 1.82) is 0 Å². The van der Waals surface area contributed by atoms with Crippen molar-refractivity contribution in [2.75, 3.05) is 5.88 Å². The summed E-state index contributed by atoms with van der Waals surface area (Å²) in [5.41, 5.74) is -2.95. The minimum absolute atomic E-state index is 0.104. The highest BCUT2D eigenvalue weighted by molar-refractivity contribution is 9.10. The predicted molar refractivity (Wildman–Crippen MR) is 60.8 cm³/mol. The van der Waals surface area contributed by atoms with Crippen LogP contribution in [0.3, 0.4) is 0 Å². The number of rotatable bonds is 3. The van der Waals surface area contributed by atoms with Crippen LogP contribution in [0.25, 0.3) is 0 Å². The number of hydrogen-bond acceptors (Lipinski definition) is 3. The summed E-state index contributed by atoms with van der Waals surface area (Å²) >= 11 is 8.05. The van der Waals surface area contributed by atoms with Crippen LogP contribution in [0.1, 0.15) is 15.9 Å². The highest BCUT2D eigenvalue weighted by Crippen LogP contribution is 2.39. The maximum Gasteiger partial charge on any atom is 0.423 e. The van der Waals surface area contributed by atoms with Gasteiger partial charge in [-0.25, -0.2) is 0 Å². The molecule has 18 heavy (non-hydrogen) atoms. The Labute approximate surface area is 112 Å². The number of hydrogen-bond donors (Lipinski definition) is 0. The van der Waals surface area contributed by atoms with Crippen LogP contribution in [0.15, 0.2) is 16.6 Å². The van der Waals surface area contributed by atoms with Gasteiger partial charge in [0.2, 0.25) is 0 Å². The van der Waals surface area contributed by atoms with Crippen molar-refractivity contribution in [3.05, 3.63) is 37.8 Å². The molecule has 0 aliphatic heterocycles. The van der Waals surface area contributed by atoms with E-state index in [1.54, 1.807) is 0 Å². The van der Waals surface area contributed by atoms with Crippen molar-refractivity contribution in [1.82, 2.24) is 0 Å². The minimum Gasteiger partial charge on any atom is -0.293 e. The number of benzene rings is 1. The lowest BCUT2D eigenvalue weighted by Gasteiger charge is -2.10. The zero-order chi connectivity index (χ0) is 14.1. The molecule has 0 heterocycles. The smallest absolute Gasteiger partial charge is 0.293 e. The average Bonchev–Trinajstić information content (AvgIpc) is 2.25. The number of nitro benzene ring substituents is 1. The van der Waals surface area contributed by atoms with Crippen molar-refractivity contribution in [3.63, 3.8) is 0 Å². The van der Waals surface area contributed by atoms with Crippen LogP contribution in [0, 0.1) is 10.1 Å². The minimum atomic E-state index is -4.93. The van der Waals surface area contributed by atoms with Gasteiger partial charge in [0.05, 0.1) is 10.8 Å². The molecule has 1 aromatic rings. The number of nitro groups is 1. The Morgan fingerprint density at radius 3 is 2.39 bits per heavy atom. The molecule has 0 saturated heterocycles. The number of alkyl halides is 4. The molecule has 4 nitrogen and oxygen atoms in total. The van der Waals surface area contributed by atoms with Crippen molar-refractivity contribution in [3.8, 4) is 0 Å². The largest absolute Gasteiger partial charge is 0.423 e. The van der Waals surface area contributed by atoms with E-state index in [2.05, 4.69) is 15.9 Å². The van der Waals surface area contributed by atoms with Crippen molar-refractivity contribution in [2.45, 2.75) is 6.18 Å². The summed E-state index contributed by atoms with van der Waals surface area (Å²) < 4.78 is 37.8. The second-order valence-electron chi connectivity index (χ2n) is 3.16. The van der Waals surface area contributed by atoms with Gasteiger partial charge in [-0.3, -0.25) is 14.9 Å². The van der Waals surface area contributed by atoms with Gasteiger partial charge in [-0.1, -0.05) is 0 Å². The SMILES string of the molecule is O=C(CCl)c1cc(C(F)(F)F)c([N+](=O)[O-])cc1Br. The first-order valence-electron chi connectivity index (χ1n) is 4.32. The Kier molecular flexibility index (Phi) is 4.33. The first-order valence-corrected chi connectivity index (χ1v) is 5.65.